The molecule has 136 valence electrons. The number of esters is 1. The minimum absolute atomic E-state index is 0.0797. The Morgan fingerprint density at radius 3 is 2.41 bits per heavy atom. The van der Waals surface area contributed by atoms with Crippen LogP contribution in [0.4, 0.5) is 8.78 Å². The fourth-order valence-electron chi connectivity index (χ4n) is 2.40. The van der Waals surface area contributed by atoms with Crippen molar-refractivity contribution in [2.45, 2.75) is 6.54 Å². The van der Waals surface area contributed by atoms with E-state index >= 15 is 0 Å². The van der Waals surface area contributed by atoms with Crippen molar-refractivity contribution in [3.63, 3.8) is 0 Å². The number of nitrogens with one attached hydrogen (secondary N) is 1. The molecule has 0 radical (unpaired) electrons. The predicted octanol–water partition coefficient (Wildman–Crippen LogP) is 4.11. The molecule has 0 saturated heterocycles. The summed E-state index contributed by atoms with van der Waals surface area (Å²) in [6.45, 7) is 0.352. The quantitative estimate of drug-likeness (QED) is 0.545. The van der Waals surface area contributed by atoms with Gasteiger partial charge >= 0.3 is 5.97 Å². The second-order valence-corrected chi connectivity index (χ2v) is 5.71. The van der Waals surface area contributed by atoms with Gasteiger partial charge in [-0.05, 0) is 35.9 Å². The molecule has 3 aromatic carbocycles. The Hall–Kier alpha value is -3.54. The van der Waals surface area contributed by atoms with Gasteiger partial charge in [-0.1, -0.05) is 36.4 Å². The summed E-state index contributed by atoms with van der Waals surface area (Å²) in [5.41, 5.74) is 0.839. The van der Waals surface area contributed by atoms with E-state index in [4.69, 9.17) is 4.74 Å². The molecule has 27 heavy (non-hydrogen) atoms. The number of hydrogen-bond donors (Lipinski definition) is 1. The molecule has 0 heterocycles. The molecule has 0 fully saturated rings. The van der Waals surface area contributed by atoms with Crippen LogP contribution in [0.5, 0.6) is 5.75 Å². The van der Waals surface area contributed by atoms with E-state index in [0.29, 0.717) is 12.6 Å². The average molecular weight is 367 g/mol. The van der Waals surface area contributed by atoms with Crippen LogP contribution in [-0.4, -0.2) is 11.9 Å². The Morgan fingerprint density at radius 1 is 0.889 bits per heavy atom. The molecule has 0 spiro atoms. The van der Waals surface area contributed by atoms with Gasteiger partial charge < -0.3 is 10.1 Å². The first-order valence-electron chi connectivity index (χ1n) is 8.12. The summed E-state index contributed by atoms with van der Waals surface area (Å²) in [4.78, 5) is 24.3. The predicted molar refractivity (Wildman–Crippen MR) is 95.4 cm³/mol. The fraction of sp³-hybridized carbons (Fsp3) is 0.0476. The largest absolute Gasteiger partial charge is 0.423 e. The van der Waals surface area contributed by atoms with E-state index < -0.39 is 23.2 Å². The topological polar surface area (TPSA) is 55.4 Å². The second kappa shape index (κ2) is 8.23. The van der Waals surface area contributed by atoms with Crippen LogP contribution in [0.2, 0.25) is 0 Å². The van der Waals surface area contributed by atoms with E-state index in [1.54, 1.807) is 12.1 Å². The Balaban J connectivity index is 1.67. The Labute approximate surface area is 154 Å². The van der Waals surface area contributed by atoms with Crippen LogP contribution in [0.25, 0.3) is 0 Å². The van der Waals surface area contributed by atoms with E-state index in [-0.39, 0.29) is 17.2 Å². The third-order valence-corrected chi connectivity index (χ3v) is 3.75. The number of amides is 1. The van der Waals surface area contributed by atoms with Gasteiger partial charge in [0.2, 0.25) is 0 Å². The standard InChI is InChI=1S/C21H15F2NO3/c22-16-9-10-18(19(23)12-16)21(26)27-17-8-4-7-15(11-17)20(25)24-13-14-5-2-1-3-6-14/h1-12H,13H2,(H,24,25). The maximum atomic E-state index is 13.7. The first kappa shape index (κ1) is 18.3. The summed E-state index contributed by atoms with van der Waals surface area (Å²) in [6.07, 6.45) is 0. The highest BCUT2D eigenvalue weighted by Crippen LogP contribution is 2.17. The molecule has 0 aliphatic heterocycles. The zero-order chi connectivity index (χ0) is 19.2. The minimum Gasteiger partial charge on any atom is -0.423 e. The van der Waals surface area contributed by atoms with Gasteiger partial charge in [0.05, 0.1) is 5.56 Å². The van der Waals surface area contributed by atoms with Gasteiger partial charge in [0.1, 0.15) is 17.4 Å². The molecular formula is C21H15F2NO3. The van der Waals surface area contributed by atoms with Crippen LogP contribution >= 0.6 is 0 Å². The van der Waals surface area contributed by atoms with Crippen LogP contribution in [0.1, 0.15) is 26.3 Å². The number of benzene rings is 3. The number of carbonyl (C=O) groups excluding carboxylic acids is 2. The molecule has 4 nitrogen and oxygen atoms in total. The van der Waals surface area contributed by atoms with Gasteiger partial charge in [-0.2, -0.15) is 0 Å². The maximum absolute atomic E-state index is 13.7. The van der Waals surface area contributed by atoms with Crippen molar-refractivity contribution in [2.24, 2.45) is 0 Å². The van der Waals surface area contributed by atoms with Crippen molar-refractivity contribution in [3.8, 4) is 5.75 Å². The lowest BCUT2D eigenvalue weighted by Crippen LogP contribution is -2.22. The summed E-state index contributed by atoms with van der Waals surface area (Å²) in [7, 11) is 0. The third-order valence-electron chi connectivity index (χ3n) is 3.75. The molecule has 0 unspecified atom stereocenters. The molecule has 1 amide bonds. The molecule has 1 N–H and O–H groups in total. The lowest BCUT2D eigenvalue weighted by molar-refractivity contribution is 0.0728. The summed E-state index contributed by atoms with van der Waals surface area (Å²) in [5.74, 6) is -3.05. The summed E-state index contributed by atoms with van der Waals surface area (Å²) >= 11 is 0. The Kier molecular flexibility index (Phi) is 5.56. The summed E-state index contributed by atoms with van der Waals surface area (Å²) in [5, 5.41) is 2.76. The van der Waals surface area contributed by atoms with Gasteiger partial charge in [-0.3, -0.25) is 4.79 Å². The number of ether oxygens (including phenoxy) is 1. The van der Waals surface area contributed by atoms with Crippen molar-refractivity contribution in [3.05, 3.63) is 101 Å². The number of halogens is 2. The number of carbonyl (C=O) groups is 2. The highest BCUT2D eigenvalue weighted by molar-refractivity contribution is 5.95. The number of rotatable bonds is 5. The van der Waals surface area contributed by atoms with E-state index in [2.05, 4.69) is 5.32 Å². The Morgan fingerprint density at radius 2 is 1.67 bits per heavy atom. The molecule has 0 bridgehead atoms. The minimum atomic E-state index is -1.02. The van der Waals surface area contributed by atoms with Crippen LogP contribution in [0.3, 0.4) is 0 Å². The van der Waals surface area contributed by atoms with E-state index in [9.17, 15) is 18.4 Å². The van der Waals surface area contributed by atoms with Crippen LogP contribution in [0, 0.1) is 11.6 Å². The molecule has 0 saturated carbocycles. The van der Waals surface area contributed by atoms with Crippen molar-refractivity contribution >= 4 is 11.9 Å². The molecule has 0 aromatic heterocycles. The zero-order valence-corrected chi connectivity index (χ0v) is 14.1. The van der Waals surface area contributed by atoms with E-state index in [1.165, 1.54) is 12.1 Å². The Bertz CT molecular complexity index is 974. The maximum Gasteiger partial charge on any atom is 0.346 e. The van der Waals surface area contributed by atoms with Gasteiger partial charge in [0.25, 0.3) is 5.91 Å². The second-order valence-electron chi connectivity index (χ2n) is 5.71. The summed E-state index contributed by atoms with van der Waals surface area (Å²) < 4.78 is 31.7. The van der Waals surface area contributed by atoms with Gasteiger partial charge in [-0.25, -0.2) is 13.6 Å². The molecular weight excluding hydrogens is 352 g/mol. The molecule has 6 heteroatoms. The van der Waals surface area contributed by atoms with Crippen molar-refractivity contribution in [2.75, 3.05) is 0 Å². The van der Waals surface area contributed by atoms with E-state index in [1.807, 2.05) is 30.3 Å². The van der Waals surface area contributed by atoms with Gasteiger partial charge in [0, 0.05) is 18.2 Å². The SMILES string of the molecule is O=C(NCc1ccccc1)c1cccc(OC(=O)c2ccc(F)cc2F)c1. The van der Waals surface area contributed by atoms with Crippen molar-refractivity contribution in [1.82, 2.24) is 5.32 Å². The van der Waals surface area contributed by atoms with Crippen LogP contribution in [-0.2, 0) is 6.54 Å². The van der Waals surface area contributed by atoms with Crippen LogP contribution < -0.4 is 10.1 Å². The molecule has 0 atom stereocenters. The normalized spacial score (nSPS) is 10.3. The molecule has 0 aliphatic rings. The highest BCUT2D eigenvalue weighted by atomic mass is 19.1. The first-order valence-corrected chi connectivity index (χ1v) is 8.12. The monoisotopic (exact) mass is 367 g/mol. The van der Waals surface area contributed by atoms with Gasteiger partial charge in [-0.15, -0.1) is 0 Å². The third kappa shape index (κ3) is 4.76. The fourth-order valence-corrected chi connectivity index (χ4v) is 2.40. The molecule has 0 aliphatic carbocycles. The van der Waals surface area contributed by atoms with E-state index in [0.717, 1.165) is 17.7 Å². The molecule has 3 rings (SSSR count). The highest BCUT2D eigenvalue weighted by Gasteiger charge is 2.16. The zero-order valence-electron chi connectivity index (χ0n) is 14.1. The van der Waals surface area contributed by atoms with Crippen molar-refractivity contribution < 1.29 is 23.1 Å². The lowest BCUT2D eigenvalue weighted by Gasteiger charge is -2.08. The van der Waals surface area contributed by atoms with Crippen molar-refractivity contribution in [1.29, 1.82) is 0 Å². The lowest BCUT2D eigenvalue weighted by atomic mass is 10.1. The summed E-state index contributed by atoms with van der Waals surface area (Å²) in [6, 6.07) is 17.9. The average Bonchev–Trinajstić information content (AvgIpc) is 2.67. The number of hydrogen-bond acceptors (Lipinski definition) is 3. The smallest absolute Gasteiger partial charge is 0.346 e. The first-order chi connectivity index (χ1) is 13.0. The van der Waals surface area contributed by atoms with Crippen LogP contribution in [0.15, 0.2) is 72.8 Å². The molecule has 3 aromatic rings. The van der Waals surface area contributed by atoms with Gasteiger partial charge in [0.15, 0.2) is 0 Å².